The first kappa shape index (κ1) is 24.3. The summed E-state index contributed by atoms with van der Waals surface area (Å²) in [4.78, 5) is 34.9. The third-order valence-electron chi connectivity index (χ3n) is 6.01. The fourth-order valence-corrected chi connectivity index (χ4v) is 5.58. The van der Waals surface area contributed by atoms with Crippen LogP contribution in [0.15, 0.2) is 51.6 Å². The number of benzene rings is 1. The minimum absolute atomic E-state index is 0.00252. The second-order valence-electron chi connectivity index (χ2n) is 8.62. The normalized spacial score (nSPS) is 24.4. The van der Waals surface area contributed by atoms with E-state index in [2.05, 4.69) is 0 Å². The summed E-state index contributed by atoms with van der Waals surface area (Å²) in [5.74, 6) is 0.310. The van der Waals surface area contributed by atoms with Crippen molar-refractivity contribution in [2.45, 2.75) is 52.4 Å². The molecule has 0 bridgehead atoms. The highest BCUT2D eigenvalue weighted by atomic mass is 32.2. The van der Waals surface area contributed by atoms with Crippen LogP contribution < -0.4 is 4.74 Å². The summed E-state index contributed by atoms with van der Waals surface area (Å²) in [6.07, 6.45) is 0.204. The van der Waals surface area contributed by atoms with Gasteiger partial charge in [0.25, 0.3) is 0 Å². The molecule has 0 radical (unpaired) electrons. The van der Waals surface area contributed by atoms with Gasteiger partial charge in [0, 0.05) is 18.8 Å². The van der Waals surface area contributed by atoms with Crippen LogP contribution in [0.5, 0.6) is 5.75 Å². The van der Waals surface area contributed by atoms with E-state index in [1.807, 2.05) is 60.2 Å². The number of rotatable bonds is 6. The maximum atomic E-state index is 13.3. The molecule has 0 aliphatic carbocycles. The number of allylic oxidation sites excluding steroid dienone is 1. The Morgan fingerprint density at radius 2 is 1.97 bits per heavy atom. The molecular formula is C25H31N3O5S. The van der Waals surface area contributed by atoms with Crippen LogP contribution in [-0.2, 0) is 19.1 Å². The van der Waals surface area contributed by atoms with Crippen LogP contribution in [0.3, 0.4) is 0 Å². The number of aliphatic imine (C=N–C) groups is 1. The van der Waals surface area contributed by atoms with Crippen molar-refractivity contribution in [1.82, 2.24) is 9.80 Å². The number of nitrogens with zero attached hydrogens (tertiary/aromatic N) is 3. The first-order valence-electron chi connectivity index (χ1n) is 11.5. The minimum atomic E-state index is -0.474. The number of morpholine rings is 1. The molecule has 3 heterocycles. The lowest BCUT2D eigenvalue weighted by Crippen LogP contribution is -2.48. The molecule has 0 spiro atoms. The summed E-state index contributed by atoms with van der Waals surface area (Å²) in [5, 5.41) is 2.70. The first-order valence-corrected chi connectivity index (χ1v) is 12.4. The van der Waals surface area contributed by atoms with Gasteiger partial charge in [-0.15, -0.1) is 0 Å². The highest BCUT2D eigenvalue weighted by Gasteiger charge is 2.41. The lowest BCUT2D eigenvalue weighted by Gasteiger charge is -2.38. The van der Waals surface area contributed by atoms with Crippen LogP contribution in [0.4, 0.5) is 0 Å². The van der Waals surface area contributed by atoms with Crippen LogP contribution >= 0.6 is 11.8 Å². The molecule has 3 aliphatic heterocycles. The predicted molar refractivity (Wildman–Crippen MR) is 131 cm³/mol. The molecule has 34 heavy (non-hydrogen) atoms. The second kappa shape index (κ2) is 10.2. The molecule has 3 atom stereocenters. The molecule has 3 aliphatic rings. The SMILES string of the molecule is CCOC(=O)C1=C(C)N=C2SC=C(CC(=O)N3CC(C)OC(C)C3)N2C1c1cccc(OC)c1. The molecule has 8 nitrogen and oxygen atoms in total. The molecule has 1 aromatic rings. The lowest BCUT2D eigenvalue weighted by molar-refractivity contribution is -0.142. The van der Waals surface area contributed by atoms with E-state index >= 15 is 0 Å². The van der Waals surface area contributed by atoms with E-state index in [1.54, 1.807) is 14.0 Å². The zero-order valence-electron chi connectivity index (χ0n) is 20.2. The first-order chi connectivity index (χ1) is 16.3. The third-order valence-corrected chi connectivity index (χ3v) is 6.90. The van der Waals surface area contributed by atoms with Crippen molar-refractivity contribution in [3.8, 4) is 5.75 Å². The second-order valence-corrected chi connectivity index (χ2v) is 9.46. The van der Waals surface area contributed by atoms with Crippen molar-refractivity contribution in [3.05, 3.63) is 52.2 Å². The van der Waals surface area contributed by atoms with E-state index in [1.165, 1.54) is 11.8 Å². The molecule has 1 saturated heterocycles. The number of ether oxygens (including phenoxy) is 3. The zero-order chi connectivity index (χ0) is 24.4. The van der Waals surface area contributed by atoms with Gasteiger partial charge in [0.15, 0.2) is 5.17 Å². The van der Waals surface area contributed by atoms with Gasteiger partial charge in [-0.05, 0) is 50.8 Å². The van der Waals surface area contributed by atoms with Gasteiger partial charge in [-0.2, -0.15) is 0 Å². The summed E-state index contributed by atoms with van der Waals surface area (Å²) >= 11 is 1.46. The van der Waals surface area contributed by atoms with Gasteiger partial charge in [0.1, 0.15) is 5.75 Å². The standard InChI is InChI=1S/C25H31N3O5S/c1-6-32-24(30)22-17(4)26-25-28(23(22)18-8-7-9-20(10-18)31-5)19(14-34-25)11-21(29)27-12-15(2)33-16(3)13-27/h7-10,14-16,23H,6,11-13H2,1-5H3. The molecule has 1 aromatic carbocycles. The number of amides is 1. The van der Waals surface area contributed by atoms with Gasteiger partial charge in [0.2, 0.25) is 5.91 Å². The largest absolute Gasteiger partial charge is 0.497 e. The lowest BCUT2D eigenvalue weighted by atomic mass is 9.93. The van der Waals surface area contributed by atoms with Crippen molar-refractivity contribution < 1.29 is 23.8 Å². The van der Waals surface area contributed by atoms with E-state index in [0.717, 1.165) is 16.4 Å². The van der Waals surface area contributed by atoms with Crippen LogP contribution in [0.1, 0.15) is 45.7 Å². The van der Waals surface area contributed by atoms with Gasteiger partial charge in [-0.25, -0.2) is 9.79 Å². The molecule has 1 fully saturated rings. The van der Waals surface area contributed by atoms with Crippen molar-refractivity contribution in [1.29, 1.82) is 0 Å². The van der Waals surface area contributed by atoms with Crippen LogP contribution in [0.25, 0.3) is 0 Å². The Morgan fingerprint density at radius 1 is 1.24 bits per heavy atom. The fraction of sp³-hybridized carbons (Fsp3) is 0.480. The molecule has 0 saturated carbocycles. The summed E-state index contributed by atoms with van der Waals surface area (Å²) in [7, 11) is 1.61. The molecule has 4 rings (SSSR count). The number of carbonyl (C=O) groups is 2. The van der Waals surface area contributed by atoms with E-state index < -0.39 is 12.0 Å². The Labute approximate surface area is 204 Å². The third kappa shape index (κ3) is 4.86. The zero-order valence-corrected chi connectivity index (χ0v) is 21.1. The van der Waals surface area contributed by atoms with Gasteiger partial charge in [-0.3, -0.25) is 4.79 Å². The average molecular weight is 486 g/mol. The predicted octanol–water partition coefficient (Wildman–Crippen LogP) is 3.86. The Hall–Kier alpha value is -2.78. The summed E-state index contributed by atoms with van der Waals surface area (Å²) in [5.41, 5.74) is 2.75. The molecule has 3 unspecified atom stereocenters. The Morgan fingerprint density at radius 3 is 2.65 bits per heavy atom. The van der Waals surface area contributed by atoms with Crippen molar-refractivity contribution in [2.24, 2.45) is 4.99 Å². The summed E-state index contributed by atoms with van der Waals surface area (Å²) < 4.78 is 16.6. The highest BCUT2D eigenvalue weighted by Crippen LogP contribution is 2.45. The van der Waals surface area contributed by atoms with Gasteiger partial charge >= 0.3 is 5.97 Å². The molecule has 9 heteroatoms. The molecule has 1 amide bonds. The number of thioether (sulfide) groups is 1. The van der Waals surface area contributed by atoms with E-state index in [-0.39, 0.29) is 31.1 Å². The topological polar surface area (TPSA) is 80.7 Å². The van der Waals surface area contributed by atoms with Gasteiger partial charge < -0.3 is 24.0 Å². The maximum Gasteiger partial charge on any atom is 0.338 e. The molecular weight excluding hydrogens is 454 g/mol. The summed E-state index contributed by atoms with van der Waals surface area (Å²) in [6, 6.07) is 7.15. The number of hydrogen-bond donors (Lipinski definition) is 0. The van der Waals surface area contributed by atoms with E-state index in [9.17, 15) is 9.59 Å². The van der Waals surface area contributed by atoms with Gasteiger partial charge in [-0.1, -0.05) is 23.9 Å². The van der Waals surface area contributed by atoms with Crippen LogP contribution in [-0.4, -0.2) is 65.9 Å². The number of carbonyl (C=O) groups excluding carboxylic acids is 2. The van der Waals surface area contributed by atoms with E-state index in [4.69, 9.17) is 19.2 Å². The smallest absolute Gasteiger partial charge is 0.338 e. The van der Waals surface area contributed by atoms with Crippen LogP contribution in [0.2, 0.25) is 0 Å². The monoisotopic (exact) mass is 485 g/mol. The highest BCUT2D eigenvalue weighted by molar-refractivity contribution is 8.16. The molecule has 182 valence electrons. The van der Waals surface area contributed by atoms with Gasteiger partial charge in [0.05, 0.1) is 49.7 Å². The van der Waals surface area contributed by atoms with Crippen molar-refractivity contribution in [3.63, 3.8) is 0 Å². The maximum absolute atomic E-state index is 13.3. The average Bonchev–Trinajstić information content (AvgIpc) is 3.19. The Kier molecular flexibility index (Phi) is 7.33. The quantitative estimate of drug-likeness (QED) is 0.566. The van der Waals surface area contributed by atoms with Crippen molar-refractivity contribution in [2.75, 3.05) is 26.8 Å². The van der Waals surface area contributed by atoms with Crippen molar-refractivity contribution >= 4 is 28.8 Å². The number of esters is 1. The number of methoxy groups -OCH3 is 1. The number of fused-ring (bicyclic) bond motifs is 1. The Bertz CT molecular complexity index is 1060. The minimum Gasteiger partial charge on any atom is -0.497 e. The van der Waals surface area contributed by atoms with Crippen LogP contribution in [0, 0.1) is 0 Å². The number of amidine groups is 1. The van der Waals surface area contributed by atoms with E-state index in [0.29, 0.717) is 30.1 Å². The number of hydrogen-bond acceptors (Lipinski definition) is 8. The Balaban J connectivity index is 1.68. The molecule has 0 N–H and O–H groups in total. The fourth-order valence-electron chi connectivity index (χ4n) is 4.61. The molecule has 0 aromatic heterocycles. The summed E-state index contributed by atoms with van der Waals surface area (Å²) in [6.45, 7) is 8.96.